The molecule has 0 spiro atoms. The van der Waals surface area contributed by atoms with Gasteiger partial charge in [-0.3, -0.25) is 5.32 Å². The first-order chi connectivity index (χ1) is 13.9. The number of nitrogens with zero attached hydrogens (tertiary/aromatic N) is 4. The van der Waals surface area contributed by atoms with Gasteiger partial charge in [0, 0.05) is 24.7 Å². The van der Waals surface area contributed by atoms with Crippen LogP contribution in [0.25, 0.3) is 10.3 Å². The number of likely N-dealkylation sites (N-methyl/N-ethyl adjacent to an activating group) is 1. The van der Waals surface area contributed by atoms with Gasteiger partial charge in [0.25, 0.3) is 0 Å². The van der Waals surface area contributed by atoms with Crippen LogP contribution in [0.3, 0.4) is 0 Å². The number of halogens is 2. The summed E-state index contributed by atoms with van der Waals surface area (Å²) in [5.74, 6) is 0.134. The molecule has 1 saturated heterocycles. The second kappa shape index (κ2) is 8.10. The molecular weight excluding hydrogens is 415 g/mol. The Hall–Kier alpha value is -2.49. The first-order valence-electron chi connectivity index (χ1n) is 9.11. The Morgan fingerprint density at radius 2 is 2.17 bits per heavy atom. The van der Waals surface area contributed by atoms with E-state index in [9.17, 15) is 9.18 Å². The molecule has 2 amide bonds. The number of hydrogen-bond donors (Lipinski definition) is 2. The predicted octanol–water partition coefficient (Wildman–Crippen LogP) is 4.08. The summed E-state index contributed by atoms with van der Waals surface area (Å²) in [5, 5.41) is 6.54. The van der Waals surface area contributed by atoms with Gasteiger partial charge in [0.15, 0.2) is 5.13 Å². The van der Waals surface area contributed by atoms with Gasteiger partial charge in [0.05, 0.1) is 5.69 Å². The zero-order chi connectivity index (χ0) is 20.5. The van der Waals surface area contributed by atoms with Crippen molar-refractivity contribution in [1.82, 2.24) is 20.2 Å². The molecule has 3 aromatic rings. The third-order valence-electron chi connectivity index (χ3n) is 4.80. The van der Waals surface area contributed by atoms with Crippen LogP contribution >= 0.6 is 22.9 Å². The summed E-state index contributed by atoms with van der Waals surface area (Å²) in [5.41, 5.74) is 1.03. The normalized spacial score (nSPS) is 16.9. The molecular formula is C19H20ClFN6OS. The number of anilines is 3. The van der Waals surface area contributed by atoms with Crippen molar-refractivity contribution in [1.29, 1.82) is 0 Å². The molecule has 1 aliphatic heterocycles. The Kier molecular flexibility index (Phi) is 5.53. The zero-order valence-corrected chi connectivity index (χ0v) is 17.5. The highest BCUT2D eigenvalue weighted by atomic mass is 35.5. The van der Waals surface area contributed by atoms with E-state index in [0.717, 1.165) is 19.5 Å². The van der Waals surface area contributed by atoms with Crippen molar-refractivity contribution in [3.05, 3.63) is 41.2 Å². The van der Waals surface area contributed by atoms with E-state index in [1.165, 1.54) is 17.4 Å². The number of aromatic nitrogens is 2. The molecule has 1 aliphatic rings. The Morgan fingerprint density at radius 1 is 1.34 bits per heavy atom. The Morgan fingerprint density at radius 3 is 2.90 bits per heavy atom. The molecule has 2 N–H and O–H groups in total. The minimum Gasteiger partial charge on any atom is -0.334 e. The van der Waals surface area contributed by atoms with Crippen molar-refractivity contribution in [2.45, 2.75) is 12.5 Å². The van der Waals surface area contributed by atoms with Crippen LogP contribution < -0.4 is 15.5 Å². The highest BCUT2D eigenvalue weighted by Crippen LogP contribution is 2.31. The number of likely N-dealkylation sites (tertiary alicyclic amines) is 1. The Labute approximate surface area is 176 Å². The standard InChI is InChI=1S/C19H20ClFN6OS/c1-26-8-7-12(10-26)22-18(28)25-19-23-14-4-6-16(24-17(14)29-19)27(2)15-5-3-11(20)9-13(15)21/h3-6,9,12H,7-8,10H2,1-2H3,(H2,22,23,25,28)/t12-/m0/s1. The molecule has 1 aromatic carbocycles. The van der Waals surface area contributed by atoms with E-state index in [1.807, 2.05) is 7.05 Å². The number of hydrogen-bond acceptors (Lipinski definition) is 6. The lowest BCUT2D eigenvalue weighted by molar-refractivity contribution is 0.248. The number of fused-ring (bicyclic) bond motifs is 1. The number of benzene rings is 1. The molecule has 29 heavy (non-hydrogen) atoms. The Balaban J connectivity index is 1.49. The van der Waals surface area contributed by atoms with Crippen LogP contribution in [0.1, 0.15) is 6.42 Å². The summed E-state index contributed by atoms with van der Waals surface area (Å²) < 4.78 is 14.2. The molecule has 2 aromatic heterocycles. The Bertz CT molecular complexity index is 1060. The van der Waals surface area contributed by atoms with Crippen molar-refractivity contribution in [3.63, 3.8) is 0 Å². The van der Waals surface area contributed by atoms with Gasteiger partial charge in [-0.1, -0.05) is 22.9 Å². The van der Waals surface area contributed by atoms with Crippen LogP contribution in [0.2, 0.25) is 5.02 Å². The number of amides is 2. The van der Waals surface area contributed by atoms with E-state index >= 15 is 0 Å². The molecule has 0 saturated carbocycles. The lowest BCUT2D eigenvalue weighted by Crippen LogP contribution is -2.39. The van der Waals surface area contributed by atoms with Crippen LogP contribution in [-0.4, -0.2) is 54.1 Å². The fraction of sp³-hybridized carbons (Fsp3) is 0.316. The maximum absolute atomic E-state index is 14.2. The second-order valence-electron chi connectivity index (χ2n) is 7.01. The molecule has 3 heterocycles. The van der Waals surface area contributed by atoms with E-state index in [4.69, 9.17) is 11.6 Å². The second-order valence-corrected chi connectivity index (χ2v) is 8.43. The van der Waals surface area contributed by atoms with Crippen molar-refractivity contribution >= 4 is 56.0 Å². The summed E-state index contributed by atoms with van der Waals surface area (Å²) in [6, 6.07) is 7.92. The summed E-state index contributed by atoms with van der Waals surface area (Å²) >= 11 is 7.10. The monoisotopic (exact) mass is 434 g/mol. The average Bonchev–Trinajstić information content (AvgIpc) is 3.25. The van der Waals surface area contributed by atoms with Crippen molar-refractivity contribution in [3.8, 4) is 0 Å². The van der Waals surface area contributed by atoms with Crippen molar-refractivity contribution in [2.24, 2.45) is 0 Å². The van der Waals surface area contributed by atoms with E-state index in [1.54, 1.807) is 36.2 Å². The van der Waals surface area contributed by atoms with Gasteiger partial charge in [-0.2, -0.15) is 0 Å². The lowest BCUT2D eigenvalue weighted by atomic mass is 10.2. The predicted molar refractivity (Wildman–Crippen MR) is 115 cm³/mol. The molecule has 10 heteroatoms. The highest BCUT2D eigenvalue weighted by molar-refractivity contribution is 7.22. The molecule has 0 radical (unpaired) electrons. The van der Waals surface area contributed by atoms with Crippen molar-refractivity contribution < 1.29 is 9.18 Å². The summed E-state index contributed by atoms with van der Waals surface area (Å²) in [6.45, 7) is 1.81. The third kappa shape index (κ3) is 4.42. The largest absolute Gasteiger partial charge is 0.334 e. The minimum absolute atomic E-state index is 0.141. The average molecular weight is 435 g/mol. The molecule has 7 nitrogen and oxygen atoms in total. The molecule has 0 bridgehead atoms. The van der Waals surface area contributed by atoms with E-state index < -0.39 is 5.82 Å². The summed E-state index contributed by atoms with van der Waals surface area (Å²) in [7, 11) is 3.76. The molecule has 0 unspecified atom stereocenters. The number of urea groups is 1. The maximum Gasteiger partial charge on any atom is 0.321 e. The van der Waals surface area contributed by atoms with Crippen LogP contribution in [0.5, 0.6) is 0 Å². The quantitative estimate of drug-likeness (QED) is 0.647. The number of pyridine rings is 1. The van der Waals surface area contributed by atoms with Gasteiger partial charge < -0.3 is 15.1 Å². The maximum atomic E-state index is 14.2. The molecule has 1 atom stereocenters. The van der Waals surface area contributed by atoms with Gasteiger partial charge in [-0.15, -0.1) is 0 Å². The summed E-state index contributed by atoms with van der Waals surface area (Å²) in [4.78, 5) is 25.7. The summed E-state index contributed by atoms with van der Waals surface area (Å²) in [6.07, 6.45) is 0.933. The van der Waals surface area contributed by atoms with E-state index in [0.29, 0.717) is 32.0 Å². The third-order valence-corrected chi connectivity index (χ3v) is 5.92. The highest BCUT2D eigenvalue weighted by Gasteiger charge is 2.21. The molecule has 1 fully saturated rings. The van der Waals surface area contributed by atoms with Gasteiger partial charge in [0.1, 0.15) is 22.0 Å². The first-order valence-corrected chi connectivity index (χ1v) is 10.3. The fourth-order valence-corrected chi connectivity index (χ4v) is 4.28. The molecule has 4 rings (SSSR count). The van der Waals surface area contributed by atoms with Gasteiger partial charge in [-0.25, -0.2) is 19.2 Å². The van der Waals surface area contributed by atoms with Gasteiger partial charge in [0.2, 0.25) is 0 Å². The van der Waals surface area contributed by atoms with E-state index in [2.05, 4.69) is 25.5 Å². The van der Waals surface area contributed by atoms with Crippen LogP contribution in [-0.2, 0) is 0 Å². The number of nitrogens with one attached hydrogen (secondary N) is 2. The van der Waals surface area contributed by atoms with Crippen LogP contribution in [0.15, 0.2) is 30.3 Å². The number of carbonyl (C=O) groups is 1. The van der Waals surface area contributed by atoms with E-state index in [-0.39, 0.29) is 12.1 Å². The smallest absolute Gasteiger partial charge is 0.321 e. The number of rotatable bonds is 4. The minimum atomic E-state index is -0.428. The van der Waals surface area contributed by atoms with Crippen LogP contribution in [0.4, 0.5) is 25.8 Å². The molecule has 0 aliphatic carbocycles. The topological polar surface area (TPSA) is 73.4 Å². The van der Waals surface area contributed by atoms with Gasteiger partial charge >= 0.3 is 6.03 Å². The first kappa shape index (κ1) is 19.8. The number of thiazole rings is 1. The SMILES string of the molecule is CN1CC[C@H](NC(=O)Nc2nc3ccc(N(C)c4ccc(Cl)cc4F)nc3s2)C1. The van der Waals surface area contributed by atoms with Gasteiger partial charge in [-0.05, 0) is 50.3 Å². The fourth-order valence-electron chi connectivity index (χ4n) is 3.30. The molecule has 152 valence electrons. The zero-order valence-electron chi connectivity index (χ0n) is 15.9. The van der Waals surface area contributed by atoms with Crippen molar-refractivity contribution in [2.75, 3.05) is 37.4 Å². The van der Waals surface area contributed by atoms with Crippen LogP contribution in [0, 0.1) is 5.82 Å². The number of carbonyl (C=O) groups excluding carboxylic acids is 1. The lowest BCUT2D eigenvalue weighted by Gasteiger charge is -2.18.